The molecule has 0 aliphatic rings. The number of nitrogen functional groups attached to an aromatic ring is 1. The van der Waals surface area contributed by atoms with Crippen LogP contribution < -0.4 is 10.5 Å². The summed E-state index contributed by atoms with van der Waals surface area (Å²) in [7, 11) is 0. The molecular formula is C15H12N2O2. The minimum atomic E-state index is 0.525. The minimum Gasteiger partial charge on any atom is -0.457 e. The fourth-order valence-corrected chi connectivity index (χ4v) is 1.77. The maximum Gasteiger partial charge on any atom is 0.189 e. The summed E-state index contributed by atoms with van der Waals surface area (Å²) in [6.45, 7) is 0. The Bertz CT molecular complexity index is 660. The smallest absolute Gasteiger partial charge is 0.189 e. The van der Waals surface area contributed by atoms with Crippen molar-refractivity contribution in [3.8, 4) is 22.8 Å². The Morgan fingerprint density at radius 2 is 1.58 bits per heavy atom. The lowest BCUT2D eigenvalue weighted by Crippen LogP contribution is -1.86. The minimum absolute atomic E-state index is 0.525. The molecule has 0 fully saturated rings. The first-order valence-corrected chi connectivity index (χ1v) is 5.86. The summed E-state index contributed by atoms with van der Waals surface area (Å²) in [5.74, 6) is 2.13. The molecule has 0 unspecified atom stereocenters. The van der Waals surface area contributed by atoms with Gasteiger partial charge in [-0.05, 0) is 36.4 Å². The fourth-order valence-electron chi connectivity index (χ4n) is 1.77. The van der Waals surface area contributed by atoms with E-state index >= 15 is 0 Å². The topological polar surface area (TPSA) is 61.3 Å². The van der Waals surface area contributed by atoms with Crippen LogP contribution in [0, 0.1) is 0 Å². The van der Waals surface area contributed by atoms with Crippen LogP contribution in [0.2, 0.25) is 0 Å². The summed E-state index contributed by atoms with van der Waals surface area (Å²) in [5, 5.41) is 3.66. The normalized spacial score (nSPS) is 10.3. The molecule has 0 aliphatic heterocycles. The van der Waals surface area contributed by atoms with E-state index in [4.69, 9.17) is 15.0 Å². The lowest BCUT2D eigenvalue weighted by molar-refractivity contribution is 0.432. The Morgan fingerprint density at radius 3 is 2.21 bits per heavy atom. The van der Waals surface area contributed by atoms with Gasteiger partial charge in [0.05, 0.1) is 6.20 Å². The van der Waals surface area contributed by atoms with Gasteiger partial charge >= 0.3 is 0 Å². The third-order valence-corrected chi connectivity index (χ3v) is 2.69. The highest BCUT2D eigenvalue weighted by Crippen LogP contribution is 2.28. The van der Waals surface area contributed by atoms with E-state index in [1.54, 1.807) is 0 Å². The molecule has 1 heterocycles. The number of para-hydroxylation sites is 1. The van der Waals surface area contributed by atoms with Crippen LogP contribution in [0.3, 0.4) is 0 Å². The quantitative estimate of drug-likeness (QED) is 0.771. The molecule has 1 aromatic heterocycles. The van der Waals surface area contributed by atoms with Crippen LogP contribution in [0.1, 0.15) is 0 Å². The van der Waals surface area contributed by atoms with E-state index in [2.05, 4.69) is 5.16 Å². The Morgan fingerprint density at radius 1 is 0.895 bits per heavy atom. The van der Waals surface area contributed by atoms with Crippen LogP contribution in [0.15, 0.2) is 65.3 Å². The number of nitrogens with zero attached hydrogens (tertiary/aromatic N) is 1. The van der Waals surface area contributed by atoms with E-state index in [-0.39, 0.29) is 0 Å². The summed E-state index contributed by atoms with van der Waals surface area (Å²) in [6.07, 6.45) is 1.49. The zero-order chi connectivity index (χ0) is 13.1. The van der Waals surface area contributed by atoms with E-state index in [9.17, 15) is 0 Å². The van der Waals surface area contributed by atoms with Crippen molar-refractivity contribution in [1.82, 2.24) is 5.16 Å². The first-order valence-electron chi connectivity index (χ1n) is 5.86. The molecule has 0 spiro atoms. The standard InChI is InChI=1S/C15H12N2O2/c16-14-10-17-19-15(14)11-6-8-13(9-7-11)18-12-4-2-1-3-5-12/h1-10H,16H2. The van der Waals surface area contributed by atoms with E-state index in [1.807, 2.05) is 54.6 Å². The van der Waals surface area contributed by atoms with Crippen LogP contribution >= 0.6 is 0 Å². The lowest BCUT2D eigenvalue weighted by atomic mass is 10.1. The van der Waals surface area contributed by atoms with Gasteiger partial charge in [-0.3, -0.25) is 0 Å². The van der Waals surface area contributed by atoms with Crippen molar-refractivity contribution in [2.75, 3.05) is 5.73 Å². The monoisotopic (exact) mass is 252 g/mol. The van der Waals surface area contributed by atoms with Gasteiger partial charge in [-0.2, -0.15) is 0 Å². The predicted octanol–water partition coefficient (Wildman–Crippen LogP) is 3.72. The van der Waals surface area contributed by atoms with Crippen molar-refractivity contribution < 1.29 is 9.26 Å². The molecule has 3 rings (SSSR count). The van der Waals surface area contributed by atoms with E-state index in [0.29, 0.717) is 11.4 Å². The highest BCUT2D eigenvalue weighted by molar-refractivity contribution is 5.70. The molecule has 2 N–H and O–H groups in total. The predicted molar refractivity (Wildman–Crippen MR) is 72.9 cm³/mol. The molecule has 0 bridgehead atoms. The molecule has 0 atom stereocenters. The van der Waals surface area contributed by atoms with Crippen molar-refractivity contribution in [3.05, 3.63) is 60.8 Å². The molecule has 94 valence electrons. The van der Waals surface area contributed by atoms with Crippen molar-refractivity contribution >= 4 is 5.69 Å². The maximum absolute atomic E-state index is 5.75. The van der Waals surface area contributed by atoms with Crippen LogP contribution in [0.25, 0.3) is 11.3 Å². The summed E-state index contributed by atoms with van der Waals surface area (Å²) in [4.78, 5) is 0. The fraction of sp³-hybridized carbons (Fsp3) is 0. The first-order chi connectivity index (χ1) is 9.33. The Hall–Kier alpha value is -2.75. The average Bonchev–Trinajstić information content (AvgIpc) is 2.87. The van der Waals surface area contributed by atoms with Gasteiger partial charge < -0.3 is 15.0 Å². The summed E-state index contributed by atoms with van der Waals surface area (Å²) in [5.41, 5.74) is 7.14. The second-order valence-corrected chi connectivity index (χ2v) is 4.05. The number of ether oxygens (including phenoxy) is 1. The largest absolute Gasteiger partial charge is 0.457 e. The van der Waals surface area contributed by atoms with Gasteiger partial charge in [-0.15, -0.1) is 0 Å². The van der Waals surface area contributed by atoms with Crippen LogP contribution in [0.4, 0.5) is 5.69 Å². The number of nitrogens with two attached hydrogens (primary N) is 1. The zero-order valence-electron chi connectivity index (χ0n) is 10.1. The van der Waals surface area contributed by atoms with Gasteiger partial charge in [0.15, 0.2) is 5.76 Å². The molecule has 4 heteroatoms. The van der Waals surface area contributed by atoms with Crippen LogP contribution in [-0.2, 0) is 0 Å². The number of rotatable bonds is 3. The maximum atomic E-state index is 5.75. The van der Waals surface area contributed by atoms with Gasteiger partial charge in [0.2, 0.25) is 0 Å². The lowest BCUT2D eigenvalue weighted by Gasteiger charge is -2.05. The highest BCUT2D eigenvalue weighted by atomic mass is 16.5. The molecule has 0 saturated carbocycles. The Labute approximate surface area is 110 Å². The van der Waals surface area contributed by atoms with Gasteiger partial charge in [-0.1, -0.05) is 23.4 Å². The zero-order valence-corrected chi connectivity index (χ0v) is 10.1. The third-order valence-electron chi connectivity index (χ3n) is 2.69. The van der Waals surface area contributed by atoms with Gasteiger partial charge in [0.1, 0.15) is 17.2 Å². The Balaban J connectivity index is 1.82. The van der Waals surface area contributed by atoms with Crippen molar-refractivity contribution in [3.63, 3.8) is 0 Å². The molecule has 0 aliphatic carbocycles. The molecule has 19 heavy (non-hydrogen) atoms. The Kier molecular flexibility index (Phi) is 2.90. The number of anilines is 1. The molecule has 4 nitrogen and oxygen atoms in total. The van der Waals surface area contributed by atoms with Crippen LogP contribution in [0.5, 0.6) is 11.5 Å². The SMILES string of the molecule is Nc1cnoc1-c1ccc(Oc2ccccc2)cc1. The summed E-state index contributed by atoms with van der Waals surface area (Å²) >= 11 is 0. The molecule has 0 amide bonds. The second kappa shape index (κ2) is 4.86. The number of hydrogen-bond donors (Lipinski definition) is 1. The van der Waals surface area contributed by atoms with E-state index in [0.717, 1.165) is 17.1 Å². The van der Waals surface area contributed by atoms with E-state index < -0.39 is 0 Å². The van der Waals surface area contributed by atoms with Gasteiger partial charge in [-0.25, -0.2) is 0 Å². The van der Waals surface area contributed by atoms with Crippen LogP contribution in [-0.4, -0.2) is 5.16 Å². The molecular weight excluding hydrogens is 240 g/mol. The second-order valence-electron chi connectivity index (χ2n) is 4.05. The third kappa shape index (κ3) is 2.42. The van der Waals surface area contributed by atoms with Gasteiger partial charge in [0.25, 0.3) is 0 Å². The van der Waals surface area contributed by atoms with Crippen molar-refractivity contribution in [2.45, 2.75) is 0 Å². The highest BCUT2D eigenvalue weighted by Gasteiger charge is 2.07. The molecule has 0 saturated heterocycles. The van der Waals surface area contributed by atoms with Crippen molar-refractivity contribution in [1.29, 1.82) is 0 Å². The first kappa shape index (κ1) is 11.3. The average molecular weight is 252 g/mol. The number of benzene rings is 2. The number of hydrogen-bond acceptors (Lipinski definition) is 4. The number of aromatic nitrogens is 1. The molecule has 0 radical (unpaired) electrons. The van der Waals surface area contributed by atoms with E-state index in [1.165, 1.54) is 6.20 Å². The summed E-state index contributed by atoms with van der Waals surface area (Å²) < 4.78 is 10.8. The molecule has 3 aromatic rings. The van der Waals surface area contributed by atoms with Crippen molar-refractivity contribution in [2.24, 2.45) is 0 Å². The summed E-state index contributed by atoms with van der Waals surface area (Å²) in [6, 6.07) is 17.1. The van der Waals surface area contributed by atoms with Gasteiger partial charge in [0, 0.05) is 5.56 Å². The molecule has 2 aromatic carbocycles.